The SMILES string of the molecule is COc1ccccc1-c1nnc(COc2cc(C)c(Cl)c(C)c2)o1. The molecule has 0 spiro atoms. The lowest BCUT2D eigenvalue weighted by Gasteiger charge is -2.08. The summed E-state index contributed by atoms with van der Waals surface area (Å²) in [7, 11) is 1.60. The Morgan fingerprint density at radius 1 is 1.08 bits per heavy atom. The van der Waals surface area contributed by atoms with Gasteiger partial charge in [0.15, 0.2) is 6.61 Å². The van der Waals surface area contributed by atoms with Crippen LogP contribution >= 0.6 is 11.6 Å². The topological polar surface area (TPSA) is 57.4 Å². The van der Waals surface area contributed by atoms with Crippen molar-refractivity contribution >= 4 is 11.6 Å². The monoisotopic (exact) mass is 344 g/mol. The fraction of sp³-hybridized carbons (Fsp3) is 0.222. The third-order valence-electron chi connectivity index (χ3n) is 3.58. The van der Waals surface area contributed by atoms with Crippen molar-refractivity contribution in [3.8, 4) is 23.0 Å². The number of ether oxygens (including phenoxy) is 2. The predicted octanol–water partition coefficient (Wildman–Crippen LogP) is 4.59. The van der Waals surface area contributed by atoms with Crippen LogP contribution in [0.25, 0.3) is 11.5 Å². The zero-order valence-electron chi connectivity index (χ0n) is 13.7. The first-order chi connectivity index (χ1) is 11.6. The minimum Gasteiger partial charge on any atom is -0.496 e. The predicted molar refractivity (Wildman–Crippen MR) is 91.5 cm³/mol. The minimum absolute atomic E-state index is 0.183. The van der Waals surface area contributed by atoms with Crippen LogP contribution < -0.4 is 9.47 Å². The van der Waals surface area contributed by atoms with Crippen molar-refractivity contribution in [1.82, 2.24) is 10.2 Å². The van der Waals surface area contributed by atoms with E-state index in [9.17, 15) is 0 Å². The van der Waals surface area contributed by atoms with E-state index in [4.69, 9.17) is 25.5 Å². The highest BCUT2D eigenvalue weighted by molar-refractivity contribution is 6.32. The van der Waals surface area contributed by atoms with E-state index >= 15 is 0 Å². The van der Waals surface area contributed by atoms with Gasteiger partial charge in [-0.05, 0) is 49.2 Å². The molecule has 3 aromatic rings. The van der Waals surface area contributed by atoms with Crippen LogP contribution in [-0.4, -0.2) is 17.3 Å². The molecule has 6 heteroatoms. The molecule has 0 bridgehead atoms. The van der Waals surface area contributed by atoms with Crippen LogP contribution in [0.5, 0.6) is 11.5 Å². The van der Waals surface area contributed by atoms with Crippen molar-refractivity contribution in [2.75, 3.05) is 7.11 Å². The van der Waals surface area contributed by atoms with Gasteiger partial charge in [0.05, 0.1) is 12.7 Å². The highest BCUT2D eigenvalue weighted by Gasteiger charge is 2.13. The van der Waals surface area contributed by atoms with E-state index in [1.54, 1.807) is 7.11 Å². The van der Waals surface area contributed by atoms with E-state index in [1.807, 2.05) is 50.2 Å². The average Bonchev–Trinajstić information content (AvgIpc) is 3.06. The summed E-state index contributed by atoms with van der Waals surface area (Å²) in [5.41, 5.74) is 2.68. The molecule has 1 heterocycles. The summed E-state index contributed by atoms with van der Waals surface area (Å²) in [6.45, 7) is 4.06. The van der Waals surface area contributed by atoms with E-state index in [0.29, 0.717) is 23.3 Å². The summed E-state index contributed by atoms with van der Waals surface area (Å²) in [6, 6.07) is 11.2. The molecule has 0 saturated carbocycles. The molecule has 5 nitrogen and oxygen atoms in total. The van der Waals surface area contributed by atoms with E-state index in [0.717, 1.165) is 21.7 Å². The van der Waals surface area contributed by atoms with Crippen molar-refractivity contribution in [3.05, 3.63) is 58.4 Å². The lowest BCUT2D eigenvalue weighted by atomic mass is 10.1. The third kappa shape index (κ3) is 3.36. The first kappa shape index (κ1) is 16.3. The lowest BCUT2D eigenvalue weighted by molar-refractivity contribution is 0.264. The average molecular weight is 345 g/mol. The standard InChI is InChI=1S/C18H17ClN2O3/c1-11-8-13(9-12(2)17(11)19)23-10-16-20-21-18(24-16)14-6-4-5-7-15(14)22-3/h4-9H,10H2,1-3H3. The van der Waals surface area contributed by atoms with Crippen molar-refractivity contribution in [2.24, 2.45) is 0 Å². The number of hydrogen-bond donors (Lipinski definition) is 0. The van der Waals surface area contributed by atoms with Gasteiger partial charge in [-0.3, -0.25) is 0 Å². The van der Waals surface area contributed by atoms with E-state index in [-0.39, 0.29) is 6.61 Å². The highest BCUT2D eigenvalue weighted by Crippen LogP contribution is 2.29. The first-order valence-corrected chi connectivity index (χ1v) is 7.81. The number of halogens is 1. The van der Waals surface area contributed by atoms with Gasteiger partial charge in [-0.15, -0.1) is 10.2 Å². The fourth-order valence-corrected chi connectivity index (χ4v) is 2.49. The van der Waals surface area contributed by atoms with Gasteiger partial charge in [0.2, 0.25) is 0 Å². The van der Waals surface area contributed by atoms with Crippen LogP contribution in [-0.2, 0) is 6.61 Å². The zero-order valence-corrected chi connectivity index (χ0v) is 14.4. The molecule has 24 heavy (non-hydrogen) atoms. The Morgan fingerprint density at radius 2 is 1.79 bits per heavy atom. The quantitative estimate of drug-likeness (QED) is 0.677. The summed E-state index contributed by atoms with van der Waals surface area (Å²) >= 11 is 6.16. The summed E-state index contributed by atoms with van der Waals surface area (Å²) in [4.78, 5) is 0. The van der Waals surface area contributed by atoms with Crippen molar-refractivity contribution in [2.45, 2.75) is 20.5 Å². The van der Waals surface area contributed by atoms with E-state index in [2.05, 4.69) is 10.2 Å². The molecule has 124 valence electrons. The fourth-order valence-electron chi connectivity index (χ4n) is 2.38. The van der Waals surface area contributed by atoms with E-state index in [1.165, 1.54) is 0 Å². The second-order valence-electron chi connectivity index (χ2n) is 5.36. The minimum atomic E-state index is 0.183. The van der Waals surface area contributed by atoms with Gasteiger partial charge < -0.3 is 13.9 Å². The Morgan fingerprint density at radius 3 is 2.50 bits per heavy atom. The molecular weight excluding hydrogens is 328 g/mol. The molecule has 0 aliphatic rings. The summed E-state index contributed by atoms with van der Waals surface area (Å²) in [5, 5.41) is 8.83. The van der Waals surface area contributed by atoms with Gasteiger partial charge in [-0.2, -0.15) is 0 Å². The summed E-state index contributed by atoms with van der Waals surface area (Å²) < 4.78 is 16.7. The summed E-state index contributed by atoms with van der Waals surface area (Å²) in [5.74, 6) is 2.18. The molecular formula is C18H17ClN2O3. The largest absolute Gasteiger partial charge is 0.496 e. The van der Waals surface area contributed by atoms with Crippen LogP contribution in [0.2, 0.25) is 5.02 Å². The molecule has 0 radical (unpaired) electrons. The molecule has 0 atom stereocenters. The molecule has 0 aliphatic carbocycles. The Hall–Kier alpha value is -2.53. The Balaban J connectivity index is 1.75. The highest BCUT2D eigenvalue weighted by atomic mass is 35.5. The lowest BCUT2D eigenvalue weighted by Crippen LogP contribution is -1.97. The van der Waals surface area contributed by atoms with Crippen LogP contribution in [0.3, 0.4) is 0 Å². The Kier molecular flexibility index (Phi) is 4.71. The molecule has 1 aromatic heterocycles. The molecule has 0 unspecified atom stereocenters. The summed E-state index contributed by atoms with van der Waals surface area (Å²) in [6.07, 6.45) is 0. The van der Waals surface area contributed by atoms with Gasteiger partial charge in [0.25, 0.3) is 11.8 Å². The molecule has 0 amide bonds. The number of nitrogens with zero attached hydrogens (tertiary/aromatic N) is 2. The maximum Gasteiger partial charge on any atom is 0.254 e. The second kappa shape index (κ2) is 6.93. The smallest absolute Gasteiger partial charge is 0.254 e. The normalized spacial score (nSPS) is 10.7. The number of hydrogen-bond acceptors (Lipinski definition) is 5. The molecule has 3 rings (SSSR count). The molecule has 0 saturated heterocycles. The number of aryl methyl sites for hydroxylation is 2. The molecule has 0 aliphatic heterocycles. The van der Waals surface area contributed by atoms with Gasteiger partial charge in [0, 0.05) is 5.02 Å². The van der Waals surface area contributed by atoms with Crippen LogP contribution in [0.4, 0.5) is 0 Å². The number of aromatic nitrogens is 2. The van der Waals surface area contributed by atoms with E-state index < -0.39 is 0 Å². The van der Waals surface area contributed by atoms with Crippen LogP contribution in [0.15, 0.2) is 40.8 Å². The maximum atomic E-state index is 6.16. The molecule has 2 aromatic carbocycles. The van der Waals surface area contributed by atoms with Crippen molar-refractivity contribution in [3.63, 3.8) is 0 Å². The Bertz CT molecular complexity index is 838. The number of benzene rings is 2. The molecule has 0 N–H and O–H groups in total. The number of rotatable bonds is 5. The maximum absolute atomic E-state index is 6.16. The second-order valence-corrected chi connectivity index (χ2v) is 5.74. The zero-order chi connectivity index (χ0) is 17.1. The van der Waals surface area contributed by atoms with Gasteiger partial charge in [-0.1, -0.05) is 23.7 Å². The Labute approximate surface area is 145 Å². The number of methoxy groups -OCH3 is 1. The third-order valence-corrected chi connectivity index (χ3v) is 4.17. The molecule has 0 fully saturated rings. The van der Waals surface area contributed by atoms with Crippen molar-refractivity contribution < 1.29 is 13.9 Å². The van der Waals surface area contributed by atoms with Gasteiger partial charge in [-0.25, -0.2) is 0 Å². The van der Waals surface area contributed by atoms with Crippen LogP contribution in [0.1, 0.15) is 17.0 Å². The first-order valence-electron chi connectivity index (χ1n) is 7.44. The van der Waals surface area contributed by atoms with Crippen LogP contribution in [0, 0.1) is 13.8 Å². The van der Waals surface area contributed by atoms with Crippen molar-refractivity contribution in [1.29, 1.82) is 0 Å². The van der Waals surface area contributed by atoms with Gasteiger partial charge in [0.1, 0.15) is 11.5 Å². The number of para-hydroxylation sites is 1. The van der Waals surface area contributed by atoms with Gasteiger partial charge >= 0.3 is 0 Å².